The van der Waals surface area contributed by atoms with Gasteiger partial charge in [0.25, 0.3) is 0 Å². The molecule has 2 heterocycles. The number of hydrogen-bond donors (Lipinski definition) is 2. The molecular formula is C13H15N3O3. The molecule has 0 aromatic carbocycles. The molecule has 1 aromatic heterocycles. The van der Waals surface area contributed by atoms with Gasteiger partial charge in [0, 0.05) is 18.1 Å². The molecule has 0 aliphatic carbocycles. The number of nitrogens with one attached hydrogen (secondary N) is 2. The van der Waals surface area contributed by atoms with E-state index in [4.69, 9.17) is 4.74 Å². The standard InChI is InChI=1S/C13H15N3O3/c1-3-19-12(17)10-8(2)15-13(18)16-11(10)9-5-4-6-14-7-9/h4-7,11H,3H2,1-2H3,(H2,15,16,18). The van der Waals surface area contributed by atoms with Gasteiger partial charge in [0.1, 0.15) is 0 Å². The summed E-state index contributed by atoms with van der Waals surface area (Å²) in [5.74, 6) is -0.443. The number of carbonyl (C=O) groups excluding carboxylic acids is 2. The molecule has 1 aromatic rings. The second-order valence-corrected chi connectivity index (χ2v) is 4.08. The van der Waals surface area contributed by atoms with E-state index >= 15 is 0 Å². The highest BCUT2D eigenvalue weighted by atomic mass is 16.5. The molecule has 0 bridgehead atoms. The quantitative estimate of drug-likeness (QED) is 0.803. The Morgan fingerprint density at radius 2 is 2.32 bits per heavy atom. The molecule has 0 spiro atoms. The Hall–Kier alpha value is -2.37. The van der Waals surface area contributed by atoms with Gasteiger partial charge in [0.05, 0.1) is 18.2 Å². The van der Waals surface area contributed by atoms with Gasteiger partial charge in [-0.15, -0.1) is 0 Å². The van der Waals surface area contributed by atoms with E-state index in [1.54, 1.807) is 38.4 Å². The van der Waals surface area contributed by atoms with Crippen LogP contribution >= 0.6 is 0 Å². The number of aromatic nitrogens is 1. The monoisotopic (exact) mass is 261 g/mol. The van der Waals surface area contributed by atoms with Crippen molar-refractivity contribution in [3.8, 4) is 0 Å². The van der Waals surface area contributed by atoms with E-state index < -0.39 is 12.0 Å². The number of pyridine rings is 1. The number of nitrogens with zero attached hydrogens (tertiary/aromatic N) is 1. The Morgan fingerprint density at radius 3 is 2.95 bits per heavy atom. The predicted molar refractivity (Wildman–Crippen MR) is 68.0 cm³/mol. The average Bonchev–Trinajstić information content (AvgIpc) is 2.39. The molecule has 0 saturated heterocycles. The molecule has 2 amide bonds. The zero-order valence-electron chi connectivity index (χ0n) is 10.8. The first-order valence-corrected chi connectivity index (χ1v) is 5.98. The summed E-state index contributed by atoms with van der Waals surface area (Å²) < 4.78 is 5.03. The maximum atomic E-state index is 12.0. The first-order chi connectivity index (χ1) is 9.13. The van der Waals surface area contributed by atoms with Crippen LogP contribution in [0.3, 0.4) is 0 Å². The van der Waals surface area contributed by atoms with Crippen molar-refractivity contribution in [2.75, 3.05) is 6.61 Å². The van der Waals surface area contributed by atoms with E-state index in [1.807, 2.05) is 0 Å². The van der Waals surface area contributed by atoms with Crippen LogP contribution in [0.4, 0.5) is 4.79 Å². The minimum atomic E-state index is -0.540. The maximum Gasteiger partial charge on any atom is 0.338 e. The number of allylic oxidation sites excluding steroid dienone is 1. The van der Waals surface area contributed by atoms with Crippen molar-refractivity contribution in [2.45, 2.75) is 19.9 Å². The number of esters is 1. The van der Waals surface area contributed by atoms with Gasteiger partial charge in [-0.3, -0.25) is 4.98 Å². The summed E-state index contributed by atoms with van der Waals surface area (Å²) in [6, 6.07) is 2.66. The van der Waals surface area contributed by atoms with E-state index in [1.165, 1.54) is 0 Å². The number of amides is 2. The van der Waals surface area contributed by atoms with Gasteiger partial charge in [0.15, 0.2) is 0 Å². The van der Waals surface area contributed by atoms with Gasteiger partial charge in [-0.2, -0.15) is 0 Å². The SMILES string of the molecule is CCOC(=O)C1=C(C)NC(=O)NC1c1cccnc1. The van der Waals surface area contributed by atoms with Crippen LogP contribution in [0, 0.1) is 0 Å². The van der Waals surface area contributed by atoms with E-state index in [0.29, 0.717) is 11.3 Å². The first-order valence-electron chi connectivity index (χ1n) is 5.98. The smallest absolute Gasteiger partial charge is 0.338 e. The number of rotatable bonds is 3. The van der Waals surface area contributed by atoms with Crippen LogP contribution in [-0.2, 0) is 9.53 Å². The highest BCUT2D eigenvalue weighted by molar-refractivity contribution is 5.94. The molecule has 6 heteroatoms. The highest BCUT2D eigenvalue weighted by Gasteiger charge is 2.31. The third kappa shape index (κ3) is 2.73. The van der Waals surface area contributed by atoms with Gasteiger partial charge < -0.3 is 15.4 Å². The van der Waals surface area contributed by atoms with Gasteiger partial charge in [-0.25, -0.2) is 9.59 Å². The topological polar surface area (TPSA) is 80.3 Å². The molecule has 2 N–H and O–H groups in total. The summed E-state index contributed by atoms with van der Waals surface area (Å²) in [7, 11) is 0. The van der Waals surface area contributed by atoms with E-state index in [-0.39, 0.29) is 12.6 Å². The fraction of sp³-hybridized carbons (Fsp3) is 0.308. The fourth-order valence-corrected chi connectivity index (χ4v) is 1.97. The predicted octanol–water partition coefficient (Wildman–Crippen LogP) is 1.27. The molecule has 2 rings (SSSR count). The molecule has 1 atom stereocenters. The lowest BCUT2D eigenvalue weighted by molar-refractivity contribution is -0.139. The van der Waals surface area contributed by atoms with Gasteiger partial charge in [-0.05, 0) is 25.5 Å². The third-order valence-electron chi connectivity index (χ3n) is 2.78. The molecule has 0 saturated carbocycles. The molecule has 0 radical (unpaired) electrons. The van der Waals surface area contributed by atoms with Crippen LogP contribution in [0.15, 0.2) is 35.8 Å². The number of urea groups is 1. The summed E-state index contributed by atoms with van der Waals surface area (Å²) >= 11 is 0. The van der Waals surface area contributed by atoms with Crippen molar-refractivity contribution in [1.29, 1.82) is 0 Å². The van der Waals surface area contributed by atoms with E-state index in [9.17, 15) is 9.59 Å². The lowest BCUT2D eigenvalue weighted by Gasteiger charge is -2.27. The minimum Gasteiger partial charge on any atom is -0.463 e. The zero-order valence-corrected chi connectivity index (χ0v) is 10.8. The summed E-state index contributed by atoms with van der Waals surface area (Å²) in [4.78, 5) is 27.6. The third-order valence-corrected chi connectivity index (χ3v) is 2.78. The van der Waals surface area contributed by atoms with Crippen molar-refractivity contribution in [3.63, 3.8) is 0 Å². The fourth-order valence-electron chi connectivity index (χ4n) is 1.97. The van der Waals surface area contributed by atoms with Crippen LogP contribution in [0.25, 0.3) is 0 Å². The number of ether oxygens (including phenoxy) is 1. The normalized spacial score (nSPS) is 18.6. The molecule has 1 unspecified atom stereocenters. The lowest BCUT2D eigenvalue weighted by Crippen LogP contribution is -2.45. The molecule has 0 fully saturated rings. The van der Waals surface area contributed by atoms with Crippen molar-refractivity contribution >= 4 is 12.0 Å². The van der Waals surface area contributed by atoms with Gasteiger partial charge >= 0.3 is 12.0 Å². The van der Waals surface area contributed by atoms with E-state index in [0.717, 1.165) is 5.56 Å². The first kappa shape index (κ1) is 13.1. The molecule has 6 nitrogen and oxygen atoms in total. The summed E-state index contributed by atoms with van der Waals surface area (Å²) in [5, 5.41) is 5.28. The number of hydrogen-bond acceptors (Lipinski definition) is 4. The second-order valence-electron chi connectivity index (χ2n) is 4.08. The Kier molecular flexibility index (Phi) is 3.79. The van der Waals surface area contributed by atoms with Gasteiger partial charge in [0.2, 0.25) is 0 Å². The Bertz CT molecular complexity index is 525. The minimum absolute atomic E-state index is 0.281. The van der Waals surface area contributed by atoms with Crippen LogP contribution in [0.1, 0.15) is 25.5 Å². The Morgan fingerprint density at radius 1 is 1.53 bits per heavy atom. The molecule has 1 aliphatic heterocycles. The summed E-state index contributed by atoms with van der Waals surface area (Å²) in [6.45, 7) is 3.69. The average molecular weight is 261 g/mol. The van der Waals surface area contributed by atoms with E-state index in [2.05, 4.69) is 15.6 Å². The summed E-state index contributed by atoms with van der Waals surface area (Å²) in [5.41, 5.74) is 1.63. The van der Waals surface area contributed by atoms with Crippen LogP contribution < -0.4 is 10.6 Å². The second kappa shape index (κ2) is 5.51. The molecular weight excluding hydrogens is 246 g/mol. The summed E-state index contributed by atoms with van der Waals surface area (Å²) in [6.07, 6.45) is 3.25. The van der Waals surface area contributed by atoms with Crippen LogP contribution in [0.2, 0.25) is 0 Å². The highest BCUT2D eigenvalue weighted by Crippen LogP contribution is 2.26. The van der Waals surface area contributed by atoms with Gasteiger partial charge in [-0.1, -0.05) is 6.07 Å². The molecule has 100 valence electrons. The molecule has 19 heavy (non-hydrogen) atoms. The maximum absolute atomic E-state index is 12.0. The van der Waals surface area contributed by atoms with Crippen molar-refractivity contribution in [3.05, 3.63) is 41.4 Å². The van der Waals surface area contributed by atoms with Crippen LogP contribution in [0.5, 0.6) is 0 Å². The Labute approximate surface area is 110 Å². The molecule has 1 aliphatic rings. The van der Waals surface area contributed by atoms with Crippen molar-refractivity contribution in [2.24, 2.45) is 0 Å². The Balaban J connectivity index is 2.41. The zero-order chi connectivity index (χ0) is 13.8. The largest absolute Gasteiger partial charge is 0.463 e. The lowest BCUT2D eigenvalue weighted by atomic mass is 9.97. The number of carbonyl (C=O) groups is 2. The van der Waals surface area contributed by atoms with Crippen LogP contribution in [-0.4, -0.2) is 23.6 Å². The van der Waals surface area contributed by atoms with Crippen molar-refractivity contribution < 1.29 is 14.3 Å². The van der Waals surface area contributed by atoms with Crippen molar-refractivity contribution in [1.82, 2.24) is 15.6 Å².